The van der Waals surface area contributed by atoms with Crippen LogP contribution in [-0.2, 0) is 0 Å². The first-order chi connectivity index (χ1) is 7.77. The summed E-state index contributed by atoms with van der Waals surface area (Å²) in [6, 6.07) is 5.93. The van der Waals surface area contributed by atoms with E-state index in [9.17, 15) is 0 Å². The molecule has 3 rings (SSSR count). The summed E-state index contributed by atoms with van der Waals surface area (Å²) in [6.45, 7) is 2.06. The smallest absolute Gasteiger partial charge is 0.0959 e. The number of nitrogens with one attached hydrogen (secondary N) is 1. The molecule has 3 N–H and O–H groups in total. The Morgan fingerprint density at radius 3 is 3.00 bits per heavy atom. The molecule has 3 aliphatic rings. The van der Waals surface area contributed by atoms with Gasteiger partial charge in [-0.3, -0.25) is 4.98 Å². The Morgan fingerprint density at radius 2 is 2.18 bits per heavy atom. The summed E-state index contributed by atoms with van der Waals surface area (Å²) in [7, 11) is 0. The average molecular weight is 266 g/mol. The molecule has 2 heterocycles. The molecular formula is C12H12ClN3S. The number of hydrogen-bond acceptors (Lipinski definition) is 4. The summed E-state index contributed by atoms with van der Waals surface area (Å²) in [6.07, 6.45) is 3.88. The molecule has 0 aromatic heterocycles. The second kappa shape index (κ2) is 4.47. The van der Waals surface area contributed by atoms with Crippen molar-refractivity contribution in [3.63, 3.8) is 0 Å². The minimum Gasteiger partial charge on any atom is -0.396 e. The molecule has 0 atom stereocenters. The van der Waals surface area contributed by atoms with E-state index >= 15 is 0 Å². The summed E-state index contributed by atoms with van der Waals surface area (Å²) in [5.74, 6) is 0. The van der Waals surface area contributed by atoms with E-state index < -0.39 is 0 Å². The molecule has 0 aromatic rings. The Morgan fingerprint density at radius 1 is 1.35 bits per heavy atom. The standard InChI is InChI=1S/C12H11N3S.ClH/c1-7-6-9-10(13)12-8(11(9)15-16-7)4-2-3-5-14-12;/h2-6,15H,13H2,1H3;1H. The van der Waals surface area contributed by atoms with Crippen LogP contribution >= 0.6 is 24.4 Å². The zero-order valence-corrected chi connectivity index (χ0v) is 10.9. The number of aromatic nitrogens is 1. The number of nitrogen functional groups attached to an aromatic ring is 1. The normalized spacial score (nSPS) is 13.4. The number of halogens is 1. The quantitative estimate of drug-likeness (QED) is 0.715. The maximum atomic E-state index is 6.12. The van der Waals surface area contributed by atoms with Crippen molar-refractivity contribution in [1.29, 1.82) is 0 Å². The Bertz CT molecular complexity index is 568. The van der Waals surface area contributed by atoms with Crippen molar-refractivity contribution in [1.82, 2.24) is 4.98 Å². The fourth-order valence-corrected chi connectivity index (χ4v) is 2.58. The highest BCUT2D eigenvalue weighted by atomic mass is 35.5. The molecule has 0 aromatic carbocycles. The van der Waals surface area contributed by atoms with Crippen molar-refractivity contribution >= 4 is 41.8 Å². The van der Waals surface area contributed by atoms with E-state index in [0.29, 0.717) is 0 Å². The predicted octanol–water partition coefficient (Wildman–Crippen LogP) is 3.62. The van der Waals surface area contributed by atoms with Gasteiger partial charge in [0.05, 0.1) is 17.1 Å². The zero-order chi connectivity index (χ0) is 11.1. The molecule has 0 amide bonds. The summed E-state index contributed by atoms with van der Waals surface area (Å²) >= 11 is 1.61. The molecule has 0 bridgehead atoms. The van der Waals surface area contributed by atoms with Gasteiger partial charge in [0.2, 0.25) is 0 Å². The fourth-order valence-electron chi connectivity index (χ4n) is 1.92. The lowest BCUT2D eigenvalue weighted by Crippen LogP contribution is -1.94. The third kappa shape index (κ3) is 1.83. The number of nitrogens with two attached hydrogens (primary N) is 1. The average Bonchev–Trinajstić information content (AvgIpc) is 2.47. The van der Waals surface area contributed by atoms with Crippen molar-refractivity contribution in [2.75, 3.05) is 10.5 Å². The maximum absolute atomic E-state index is 6.12. The van der Waals surface area contributed by atoms with E-state index in [1.807, 2.05) is 18.2 Å². The molecule has 5 heteroatoms. The summed E-state index contributed by atoms with van der Waals surface area (Å²) in [4.78, 5) is 5.58. The van der Waals surface area contributed by atoms with Crippen LogP contribution in [0.3, 0.4) is 0 Å². The maximum Gasteiger partial charge on any atom is 0.0959 e. The molecule has 0 saturated carbocycles. The van der Waals surface area contributed by atoms with E-state index in [1.165, 1.54) is 4.91 Å². The van der Waals surface area contributed by atoms with Crippen molar-refractivity contribution in [2.24, 2.45) is 0 Å². The van der Waals surface area contributed by atoms with Crippen LogP contribution in [-0.4, -0.2) is 4.98 Å². The Labute approximate surface area is 110 Å². The first kappa shape index (κ1) is 12.1. The fraction of sp³-hybridized carbons (Fsp3) is 0.0833. The van der Waals surface area contributed by atoms with Crippen LogP contribution in [0, 0.1) is 0 Å². The molecule has 0 saturated heterocycles. The van der Waals surface area contributed by atoms with Crippen molar-refractivity contribution < 1.29 is 0 Å². The van der Waals surface area contributed by atoms with Gasteiger partial charge in [0.15, 0.2) is 0 Å². The van der Waals surface area contributed by atoms with Crippen molar-refractivity contribution in [3.8, 4) is 11.3 Å². The van der Waals surface area contributed by atoms with Gasteiger partial charge >= 0.3 is 0 Å². The second-order valence-electron chi connectivity index (χ2n) is 3.75. The summed E-state index contributed by atoms with van der Waals surface area (Å²) in [5.41, 5.74) is 11.0. The van der Waals surface area contributed by atoms with Crippen molar-refractivity contribution in [2.45, 2.75) is 6.92 Å². The number of allylic oxidation sites excluding steroid dienone is 1. The van der Waals surface area contributed by atoms with Gasteiger partial charge < -0.3 is 10.5 Å². The van der Waals surface area contributed by atoms with E-state index in [0.717, 1.165) is 28.2 Å². The highest BCUT2D eigenvalue weighted by Gasteiger charge is 2.23. The molecule has 0 radical (unpaired) electrons. The zero-order valence-electron chi connectivity index (χ0n) is 9.23. The number of nitrogens with zero attached hydrogens (tertiary/aromatic N) is 1. The lowest BCUT2D eigenvalue weighted by Gasteiger charge is -2.12. The van der Waals surface area contributed by atoms with Gasteiger partial charge in [-0.05, 0) is 31.0 Å². The third-order valence-electron chi connectivity index (χ3n) is 2.66. The molecule has 2 aliphatic heterocycles. The van der Waals surface area contributed by atoms with Crippen LogP contribution in [0.2, 0.25) is 0 Å². The molecule has 0 fully saturated rings. The Balaban J connectivity index is 0.00000108. The Kier molecular flexibility index (Phi) is 3.17. The SMILES string of the molecule is CC1=Cc2c(N)c3nccccc-3c2NS1.Cl. The summed E-state index contributed by atoms with van der Waals surface area (Å²) in [5, 5.41) is 0. The van der Waals surface area contributed by atoms with Crippen LogP contribution in [0.25, 0.3) is 17.3 Å². The summed E-state index contributed by atoms with van der Waals surface area (Å²) < 4.78 is 3.32. The van der Waals surface area contributed by atoms with Gasteiger partial charge in [0, 0.05) is 22.2 Å². The molecule has 17 heavy (non-hydrogen) atoms. The molecule has 1 aliphatic carbocycles. The highest BCUT2D eigenvalue weighted by Crippen LogP contribution is 2.46. The predicted molar refractivity (Wildman–Crippen MR) is 77.4 cm³/mol. The van der Waals surface area contributed by atoms with Crippen LogP contribution in [0.5, 0.6) is 0 Å². The molecule has 88 valence electrons. The first-order valence-corrected chi connectivity index (χ1v) is 5.86. The van der Waals surface area contributed by atoms with Crippen LogP contribution < -0.4 is 10.5 Å². The first-order valence-electron chi connectivity index (χ1n) is 5.04. The number of fused-ring (bicyclic) bond motifs is 3. The van der Waals surface area contributed by atoms with Gasteiger partial charge in [0.1, 0.15) is 0 Å². The third-order valence-corrected chi connectivity index (χ3v) is 3.41. The molecule has 3 nitrogen and oxygen atoms in total. The number of rotatable bonds is 0. The van der Waals surface area contributed by atoms with E-state index in [2.05, 4.69) is 22.7 Å². The largest absolute Gasteiger partial charge is 0.396 e. The molecule has 0 unspecified atom stereocenters. The van der Waals surface area contributed by atoms with Crippen LogP contribution in [0.4, 0.5) is 11.4 Å². The van der Waals surface area contributed by atoms with E-state index in [1.54, 1.807) is 18.1 Å². The number of anilines is 2. The number of hydrogen-bond donors (Lipinski definition) is 2. The van der Waals surface area contributed by atoms with E-state index in [-0.39, 0.29) is 12.4 Å². The lowest BCUT2D eigenvalue weighted by molar-refractivity contribution is 1.38. The van der Waals surface area contributed by atoms with Crippen LogP contribution in [0.15, 0.2) is 29.3 Å². The minimum atomic E-state index is 0. The second-order valence-corrected chi connectivity index (χ2v) is 4.81. The molecule has 0 spiro atoms. The van der Waals surface area contributed by atoms with Gasteiger partial charge in [-0.25, -0.2) is 0 Å². The van der Waals surface area contributed by atoms with Crippen molar-refractivity contribution in [3.05, 3.63) is 34.9 Å². The highest BCUT2D eigenvalue weighted by molar-refractivity contribution is 8.04. The van der Waals surface area contributed by atoms with Gasteiger partial charge in [0.25, 0.3) is 0 Å². The van der Waals surface area contributed by atoms with Gasteiger partial charge in [-0.1, -0.05) is 12.1 Å². The van der Waals surface area contributed by atoms with Gasteiger partial charge in [-0.2, -0.15) is 0 Å². The minimum absolute atomic E-state index is 0. The molecular weight excluding hydrogens is 254 g/mol. The topological polar surface area (TPSA) is 50.9 Å². The lowest BCUT2D eigenvalue weighted by atomic mass is 10.2. The van der Waals surface area contributed by atoms with Crippen LogP contribution in [0.1, 0.15) is 12.5 Å². The monoisotopic (exact) mass is 265 g/mol. The van der Waals surface area contributed by atoms with E-state index in [4.69, 9.17) is 5.73 Å². The van der Waals surface area contributed by atoms with Gasteiger partial charge in [-0.15, -0.1) is 12.4 Å². The Hall–Kier alpha value is -1.39.